The lowest BCUT2D eigenvalue weighted by Crippen LogP contribution is -2.33. The average Bonchev–Trinajstić information content (AvgIpc) is 2.70. The van der Waals surface area contributed by atoms with Crippen LogP contribution in [0.1, 0.15) is 38.1 Å². The molecule has 2 rings (SSSR count). The van der Waals surface area contributed by atoms with E-state index in [1.54, 1.807) is 15.9 Å². The summed E-state index contributed by atoms with van der Waals surface area (Å²) in [6, 6.07) is 14.8. The maximum absolute atomic E-state index is 12.7. The van der Waals surface area contributed by atoms with E-state index >= 15 is 0 Å². The van der Waals surface area contributed by atoms with Crippen LogP contribution in [0.5, 0.6) is 5.75 Å². The van der Waals surface area contributed by atoms with Gasteiger partial charge in [0.25, 0.3) is 5.91 Å². The third-order valence-electron chi connectivity index (χ3n) is 4.58. The van der Waals surface area contributed by atoms with Crippen molar-refractivity contribution in [2.45, 2.75) is 27.7 Å². The predicted octanol–water partition coefficient (Wildman–Crippen LogP) is 4.68. The molecule has 0 saturated heterocycles. The fourth-order valence-corrected chi connectivity index (χ4v) is 2.95. The topological polar surface area (TPSA) is 49.9 Å². The van der Waals surface area contributed by atoms with Crippen LogP contribution < -0.4 is 4.74 Å². The Balaban J connectivity index is 2.35. The molecule has 0 saturated carbocycles. The molecular formula is C22H28N2O3. The fourth-order valence-electron chi connectivity index (χ4n) is 2.95. The lowest BCUT2D eigenvalue weighted by atomic mass is 10.0. The monoisotopic (exact) mass is 368 g/mol. The molecule has 0 aliphatic heterocycles. The molecule has 5 nitrogen and oxygen atoms in total. The largest absolute Gasteiger partial charge is 0.415 e. The van der Waals surface area contributed by atoms with Gasteiger partial charge in [0.05, 0.1) is 0 Å². The number of amides is 2. The number of para-hydroxylation sites is 1. The first-order chi connectivity index (χ1) is 13.0. The number of hydrogen-bond acceptors (Lipinski definition) is 3. The summed E-state index contributed by atoms with van der Waals surface area (Å²) in [5.74, 6) is 0.487. The van der Waals surface area contributed by atoms with Crippen molar-refractivity contribution in [3.8, 4) is 16.9 Å². The van der Waals surface area contributed by atoms with E-state index in [9.17, 15) is 9.59 Å². The number of ether oxygens (including phenoxy) is 1. The third kappa shape index (κ3) is 4.88. The van der Waals surface area contributed by atoms with Gasteiger partial charge in [0.1, 0.15) is 5.75 Å². The molecule has 0 fully saturated rings. The second-order valence-corrected chi connectivity index (χ2v) is 6.09. The molecule has 0 spiro atoms. The SMILES string of the molecule is CCN(CC)C(=O)Oc1ccccc1-c1cccc(C(=O)N(CC)CC)c1. The smallest absolute Gasteiger partial charge is 0.410 e. The van der Waals surface area contributed by atoms with Crippen molar-refractivity contribution in [3.63, 3.8) is 0 Å². The summed E-state index contributed by atoms with van der Waals surface area (Å²) in [5.41, 5.74) is 2.25. The van der Waals surface area contributed by atoms with Crippen molar-refractivity contribution >= 4 is 12.0 Å². The highest BCUT2D eigenvalue weighted by Crippen LogP contribution is 2.31. The van der Waals surface area contributed by atoms with E-state index in [2.05, 4.69) is 0 Å². The highest BCUT2D eigenvalue weighted by atomic mass is 16.6. The van der Waals surface area contributed by atoms with Gasteiger partial charge in [-0.05, 0) is 51.5 Å². The molecule has 0 N–H and O–H groups in total. The Morgan fingerprint density at radius 2 is 1.44 bits per heavy atom. The summed E-state index contributed by atoms with van der Waals surface area (Å²) in [7, 11) is 0. The van der Waals surface area contributed by atoms with Gasteiger partial charge in [-0.3, -0.25) is 4.79 Å². The van der Waals surface area contributed by atoms with Crippen molar-refractivity contribution in [2.24, 2.45) is 0 Å². The molecule has 0 aliphatic rings. The Morgan fingerprint density at radius 1 is 0.815 bits per heavy atom. The van der Waals surface area contributed by atoms with Crippen LogP contribution in [0, 0.1) is 0 Å². The van der Waals surface area contributed by atoms with Crippen molar-refractivity contribution < 1.29 is 14.3 Å². The molecule has 0 atom stereocenters. The van der Waals surface area contributed by atoms with Crippen LogP contribution in [0.25, 0.3) is 11.1 Å². The zero-order chi connectivity index (χ0) is 19.8. The first-order valence-corrected chi connectivity index (χ1v) is 9.51. The van der Waals surface area contributed by atoms with Gasteiger partial charge in [-0.2, -0.15) is 0 Å². The summed E-state index contributed by atoms with van der Waals surface area (Å²) < 4.78 is 5.63. The highest BCUT2D eigenvalue weighted by Gasteiger charge is 2.17. The van der Waals surface area contributed by atoms with Crippen LogP contribution in [0.4, 0.5) is 4.79 Å². The van der Waals surface area contributed by atoms with E-state index in [1.807, 2.05) is 70.2 Å². The Kier molecular flexibility index (Phi) is 7.41. The van der Waals surface area contributed by atoms with Gasteiger partial charge in [0, 0.05) is 37.3 Å². The zero-order valence-corrected chi connectivity index (χ0v) is 16.6. The van der Waals surface area contributed by atoms with Gasteiger partial charge in [0.2, 0.25) is 0 Å². The van der Waals surface area contributed by atoms with Crippen LogP contribution in [-0.4, -0.2) is 48.0 Å². The minimum Gasteiger partial charge on any atom is -0.410 e. The molecule has 0 aliphatic carbocycles. The molecule has 0 aromatic heterocycles. The van der Waals surface area contributed by atoms with Crippen LogP contribution in [-0.2, 0) is 0 Å². The van der Waals surface area contributed by atoms with E-state index < -0.39 is 0 Å². The second kappa shape index (κ2) is 9.76. The van der Waals surface area contributed by atoms with Crippen molar-refractivity contribution in [2.75, 3.05) is 26.2 Å². The normalized spacial score (nSPS) is 10.4. The van der Waals surface area contributed by atoms with Gasteiger partial charge >= 0.3 is 6.09 Å². The summed E-state index contributed by atoms with van der Waals surface area (Å²) in [6.45, 7) is 10.3. The molecule has 0 radical (unpaired) electrons. The third-order valence-corrected chi connectivity index (χ3v) is 4.58. The molecule has 5 heteroatoms. The van der Waals surface area contributed by atoms with E-state index in [4.69, 9.17) is 4.74 Å². The maximum atomic E-state index is 12.7. The van der Waals surface area contributed by atoms with Gasteiger partial charge in [-0.1, -0.05) is 30.3 Å². The van der Waals surface area contributed by atoms with Crippen LogP contribution in [0.15, 0.2) is 48.5 Å². The van der Waals surface area contributed by atoms with Crippen molar-refractivity contribution in [1.29, 1.82) is 0 Å². The van der Waals surface area contributed by atoms with Crippen LogP contribution in [0.2, 0.25) is 0 Å². The molecule has 0 unspecified atom stereocenters. The molecule has 27 heavy (non-hydrogen) atoms. The lowest BCUT2D eigenvalue weighted by Gasteiger charge is -2.20. The summed E-state index contributed by atoms with van der Waals surface area (Å²) in [4.78, 5) is 28.4. The lowest BCUT2D eigenvalue weighted by molar-refractivity contribution is 0.0773. The van der Waals surface area contributed by atoms with Gasteiger partial charge in [-0.15, -0.1) is 0 Å². The molecule has 0 bridgehead atoms. The Hall–Kier alpha value is -2.82. The molecule has 0 heterocycles. The first kappa shape index (κ1) is 20.5. The average molecular weight is 368 g/mol. The van der Waals surface area contributed by atoms with Crippen molar-refractivity contribution in [3.05, 3.63) is 54.1 Å². The number of carbonyl (C=O) groups is 2. The van der Waals surface area contributed by atoms with E-state index in [1.165, 1.54) is 0 Å². The van der Waals surface area contributed by atoms with Crippen LogP contribution in [0.3, 0.4) is 0 Å². The van der Waals surface area contributed by atoms with E-state index in [-0.39, 0.29) is 12.0 Å². The van der Waals surface area contributed by atoms with Crippen molar-refractivity contribution in [1.82, 2.24) is 9.80 Å². The number of hydrogen-bond donors (Lipinski definition) is 0. The predicted molar refractivity (Wildman–Crippen MR) is 108 cm³/mol. The van der Waals surface area contributed by atoms with Gasteiger partial charge < -0.3 is 14.5 Å². The fraction of sp³-hybridized carbons (Fsp3) is 0.364. The number of carbonyl (C=O) groups excluding carboxylic acids is 2. The number of rotatable bonds is 7. The van der Waals surface area contributed by atoms with Crippen LogP contribution >= 0.6 is 0 Å². The Labute approximate surface area is 161 Å². The van der Waals surface area contributed by atoms with Gasteiger partial charge in [0.15, 0.2) is 0 Å². The number of nitrogens with zero attached hydrogens (tertiary/aromatic N) is 2. The van der Waals surface area contributed by atoms with E-state index in [0.717, 1.165) is 11.1 Å². The second-order valence-electron chi connectivity index (χ2n) is 6.09. The highest BCUT2D eigenvalue weighted by molar-refractivity contribution is 5.95. The summed E-state index contributed by atoms with van der Waals surface area (Å²) in [6.07, 6.45) is -0.372. The summed E-state index contributed by atoms with van der Waals surface area (Å²) in [5, 5.41) is 0. The summed E-state index contributed by atoms with van der Waals surface area (Å²) >= 11 is 0. The molecule has 2 amide bonds. The van der Waals surface area contributed by atoms with Gasteiger partial charge in [-0.25, -0.2) is 4.79 Å². The zero-order valence-electron chi connectivity index (χ0n) is 16.6. The maximum Gasteiger partial charge on any atom is 0.415 e. The standard InChI is InChI=1S/C22H28N2O3/c1-5-23(6-2)21(25)18-13-11-12-17(16-18)19-14-9-10-15-20(19)27-22(26)24(7-3)8-4/h9-16H,5-8H2,1-4H3. The number of benzene rings is 2. The minimum atomic E-state index is -0.372. The Bertz CT molecular complexity index is 781. The molecule has 2 aromatic rings. The molecule has 144 valence electrons. The molecule has 2 aromatic carbocycles. The molecular weight excluding hydrogens is 340 g/mol. The first-order valence-electron chi connectivity index (χ1n) is 9.51. The quantitative estimate of drug-likeness (QED) is 0.713. The minimum absolute atomic E-state index is 0.000494. The van der Waals surface area contributed by atoms with E-state index in [0.29, 0.717) is 37.5 Å². The Morgan fingerprint density at radius 3 is 2.07 bits per heavy atom.